The number of nitrogens with zero attached hydrogens (tertiary/aromatic N) is 6. The first-order valence-electron chi connectivity index (χ1n) is 9.42. The number of carbonyl (C=O) groups is 1. The van der Waals surface area contributed by atoms with Crippen molar-refractivity contribution >= 4 is 17.5 Å². The standard InChI is InChI=1S/C20H22FN7O/c1-14-4-5-16(12-17(14)21)25-20(29)27-10-8-26(9-11-27)18-13-19(24-15(2)23-18)28-7-3-6-22-28/h3-7,12-13H,8-11H2,1-2H3,(H,25,29). The first-order valence-corrected chi connectivity index (χ1v) is 9.42. The van der Waals surface area contributed by atoms with Crippen LogP contribution in [0.3, 0.4) is 0 Å². The van der Waals surface area contributed by atoms with E-state index in [1.165, 1.54) is 6.07 Å². The molecule has 1 aliphatic heterocycles. The molecule has 8 nitrogen and oxygen atoms in total. The van der Waals surface area contributed by atoms with Crippen LogP contribution in [0.5, 0.6) is 0 Å². The van der Waals surface area contributed by atoms with Gasteiger partial charge in [0.05, 0.1) is 0 Å². The average molecular weight is 395 g/mol. The smallest absolute Gasteiger partial charge is 0.321 e. The van der Waals surface area contributed by atoms with Gasteiger partial charge in [-0.15, -0.1) is 0 Å². The van der Waals surface area contributed by atoms with Gasteiger partial charge in [-0.3, -0.25) is 0 Å². The second kappa shape index (κ2) is 7.86. The molecule has 0 aliphatic carbocycles. The molecule has 1 N–H and O–H groups in total. The van der Waals surface area contributed by atoms with E-state index in [4.69, 9.17) is 0 Å². The van der Waals surface area contributed by atoms with Gasteiger partial charge in [0.25, 0.3) is 0 Å². The summed E-state index contributed by atoms with van der Waals surface area (Å²) in [6, 6.07) is 8.19. The normalized spacial score (nSPS) is 14.2. The molecule has 3 heterocycles. The van der Waals surface area contributed by atoms with Crippen LogP contribution >= 0.6 is 0 Å². The highest BCUT2D eigenvalue weighted by atomic mass is 19.1. The van der Waals surface area contributed by atoms with E-state index in [1.54, 1.807) is 34.8 Å². The van der Waals surface area contributed by atoms with E-state index in [0.29, 0.717) is 49.1 Å². The van der Waals surface area contributed by atoms with Crippen molar-refractivity contribution in [2.45, 2.75) is 13.8 Å². The third kappa shape index (κ3) is 4.18. The molecule has 0 bridgehead atoms. The lowest BCUT2D eigenvalue weighted by molar-refractivity contribution is 0.208. The molecule has 0 saturated carbocycles. The van der Waals surface area contributed by atoms with Gasteiger partial charge in [-0.2, -0.15) is 5.10 Å². The van der Waals surface area contributed by atoms with Crippen molar-refractivity contribution < 1.29 is 9.18 Å². The topological polar surface area (TPSA) is 79.2 Å². The monoisotopic (exact) mass is 395 g/mol. The van der Waals surface area contributed by atoms with Gasteiger partial charge in [0.1, 0.15) is 17.5 Å². The zero-order valence-electron chi connectivity index (χ0n) is 16.3. The van der Waals surface area contributed by atoms with Crippen LogP contribution in [0.15, 0.2) is 42.7 Å². The number of benzene rings is 1. The summed E-state index contributed by atoms with van der Waals surface area (Å²) in [6.45, 7) is 5.91. The number of rotatable bonds is 3. The first-order chi connectivity index (χ1) is 14.0. The maximum absolute atomic E-state index is 13.7. The molecule has 29 heavy (non-hydrogen) atoms. The fourth-order valence-electron chi connectivity index (χ4n) is 3.23. The van der Waals surface area contributed by atoms with Crippen molar-refractivity contribution in [3.8, 4) is 5.82 Å². The van der Waals surface area contributed by atoms with E-state index in [0.717, 1.165) is 5.82 Å². The maximum atomic E-state index is 13.7. The van der Waals surface area contributed by atoms with Crippen LogP contribution in [0, 0.1) is 19.7 Å². The van der Waals surface area contributed by atoms with Gasteiger partial charge in [-0.1, -0.05) is 6.07 Å². The van der Waals surface area contributed by atoms with E-state index in [-0.39, 0.29) is 11.8 Å². The number of aromatic nitrogens is 4. The summed E-state index contributed by atoms with van der Waals surface area (Å²) in [6.07, 6.45) is 3.54. The van der Waals surface area contributed by atoms with Crippen LogP contribution < -0.4 is 10.2 Å². The number of amides is 2. The predicted octanol–water partition coefficient (Wildman–Crippen LogP) is 2.77. The van der Waals surface area contributed by atoms with E-state index in [1.807, 2.05) is 25.3 Å². The van der Waals surface area contributed by atoms with Crippen LogP contribution in [0.25, 0.3) is 5.82 Å². The van der Waals surface area contributed by atoms with Crippen LogP contribution in [-0.4, -0.2) is 56.9 Å². The van der Waals surface area contributed by atoms with E-state index < -0.39 is 0 Å². The number of halogens is 1. The maximum Gasteiger partial charge on any atom is 0.321 e. The van der Waals surface area contributed by atoms with Crippen LogP contribution in [0.2, 0.25) is 0 Å². The Balaban J connectivity index is 1.40. The summed E-state index contributed by atoms with van der Waals surface area (Å²) in [5, 5.41) is 6.98. The Kier molecular flexibility index (Phi) is 5.11. The third-order valence-electron chi connectivity index (χ3n) is 4.86. The molecule has 2 amide bonds. The van der Waals surface area contributed by atoms with Gasteiger partial charge in [0.2, 0.25) is 0 Å². The molecule has 3 aromatic rings. The Labute approximate surface area is 168 Å². The largest absolute Gasteiger partial charge is 0.353 e. The summed E-state index contributed by atoms with van der Waals surface area (Å²) in [7, 11) is 0. The SMILES string of the molecule is Cc1nc(N2CCN(C(=O)Nc3ccc(C)c(F)c3)CC2)cc(-n2cccn2)n1. The first kappa shape index (κ1) is 18.9. The second-order valence-corrected chi connectivity index (χ2v) is 6.95. The van der Waals surface area contributed by atoms with Gasteiger partial charge in [0.15, 0.2) is 5.82 Å². The zero-order chi connectivity index (χ0) is 20.4. The summed E-state index contributed by atoms with van der Waals surface area (Å²) < 4.78 is 15.4. The summed E-state index contributed by atoms with van der Waals surface area (Å²) in [5.74, 6) is 1.84. The fraction of sp³-hybridized carbons (Fsp3) is 0.300. The number of anilines is 2. The van der Waals surface area contributed by atoms with Gasteiger partial charge >= 0.3 is 6.03 Å². The fourth-order valence-corrected chi connectivity index (χ4v) is 3.23. The zero-order valence-corrected chi connectivity index (χ0v) is 16.3. The van der Waals surface area contributed by atoms with Crippen molar-refractivity contribution in [3.05, 3.63) is 59.9 Å². The van der Waals surface area contributed by atoms with Crippen LogP contribution in [0.4, 0.5) is 20.7 Å². The summed E-state index contributed by atoms with van der Waals surface area (Å²) >= 11 is 0. The average Bonchev–Trinajstić information content (AvgIpc) is 3.25. The molecule has 1 saturated heterocycles. The number of nitrogens with one attached hydrogen (secondary N) is 1. The predicted molar refractivity (Wildman–Crippen MR) is 108 cm³/mol. The number of urea groups is 1. The molecular formula is C20H22FN7O. The molecule has 9 heteroatoms. The third-order valence-corrected chi connectivity index (χ3v) is 4.86. The Hall–Kier alpha value is -3.49. The Morgan fingerprint density at radius 1 is 1.07 bits per heavy atom. The Morgan fingerprint density at radius 3 is 2.52 bits per heavy atom. The molecule has 2 aromatic heterocycles. The van der Waals surface area contributed by atoms with E-state index in [9.17, 15) is 9.18 Å². The van der Waals surface area contributed by atoms with Crippen molar-refractivity contribution in [2.75, 3.05) is 36.4 Å². The second-order valence-electron chi connectivity index (χ2n) is 6.95. The van der Waals surface area contributed by atoms with Crippen LogP contribution in [-0.2, 0) is 0 Å². The molecule has 4 rings (SSSR count). The molecule has 1 aliphatic rings. The number of hydrogen-bond acceptors (Lipinski definition) is 5. The lowest BCUT2D eigenvalue weighted by Gasteiger charge is -2.35. The molecule has 0 spiro atoms. The van der Waals surface area contributed by atoms with Crippen LogP contribution in [0.1, 0.15) is 11.4 Å². The number of hydrogen-bond donors (Lipinski definition) is 1. The van der Waals surface area contributed by atoms with Gasteiger partial charge in [-0.25, -0.2) is 23.8 Å². The highest BCUT2D eigenvalue weighted by molar-refractivity contribution is 5.89. The quantitative estimate of drug-likeness (QED) is 0.738. The number of aryl methyl sites for hydroxylation is 2. The van der Waals surface area contributed by atoms with E-state index >= 15 is 0 Å². The molecule has 1 aromatic carbocycles. The molecule has 0 radical (unpaired) electrons. The van der Waals surface area contributed by atoms with Crippen molar-refractivity contribution in [1.29, 1.82) is 0 Å². The summed E-state index contributed by atoms with van der Waals surface area (Å²) in [5.41, 5.74) is 1.00. The lowest BCUT2D eigenvalue weighted by Crippen LogP contribution is -2.50. The lowest BCUT2D eigenvalue weighted by atomic mass is 10.2. The van der Waals surface area contributed by atoms with Crippen molar-refractivity contribution in [1.82, 2.24) is 24.6 Å². The summed E-state index contributed by atoms with van der Waals surface area (Å²) in [4.78, 5) is 25.3. The van der Waals surface area contributed by atoms with Gasteiger partial charge in [0, 0.05) is 50.3 Å². The van der Waals surface area contributed by atoms with Gasteiger partial charge < -0.3 is 15.1 Å². The Morgan fingerprint density at radius 2 is 1.83 bits per heavy atom. The minimum absolute atomic E-state index is 0.232. The minimum Gasteiger partial charge on any atom is -0.353 e. The molecule has 1 fully saturated rings. The number of carbonyl (C=O) groups excluding carboxylic acids is 1. The molecule has 0 atom stereocenters. The molecular weight excluding hydrogens is 373 g/mol. The highest BCUT2D eigenvalue weighted by Gasteiger charge is 2.23. The highest BCUT2D eigenvalue weighted by Crippen LogP contribution is 2.18. The Bertz CT molecular complexity index is 1010. The molecule has 0 unspecified atom stereocenters. The molecule has 150 valence electrons. The van der Waals surface area contributed by atoms with E-state index in [2.05, 4.69) is 25.3 Å². The van der Waals surface area contributed by atoms with Crippen molar-refractivity contribution in [3.63, 3.8) is 0 Å². The van der Waals surface area contributed by atoms with Crippen molar-refractivity contribution in [2.24, 2.45) is 0 Å². The number of piperazine rings is 1. The minimum atomic E-state index is -0.334. The van der Waals surface area contributed by atoms with Gasteiger partial charge in [-0.05, 0) is 37.6 Å².